The van der Waals surface area contributed by atoms with E-state index in [-0.39, 0.29) is 5.71 Å². The topological polar surface area (TPSA) is 104 Å². The number of esters is 1. The molecular weight excluding hydrogens is 362 g/mol. The first kappa shape index (κ1) is 18.4. The molecule has 0 fully saturated rings. The number of pyridine rings is 1. The van der Waals surface area contributed by atoms with E-state index in [1.54, 1.807) is 30.3 Å². The van der Waals surface area contributed by atoms with E-state index in [0.717, 1.165) is 4.88 Å². The summed E-state index contributed by atoms with van der Waals surface area (Å²) in [6.45, 7) is 0.815. The van der Waals surface area contributed by atoms with Crippen molar-refractivity contribution < 1.29 is 14.3 Å². The van der Waals surface area contributed by atoms with Crippen LogP contribution in [0.1, 0.15) is 17.3 Å². The lowest BCUT2D eigenvalue weighted by Crippen LogP contribution is -2.25. The zero-order valence-corrected chi connectivity index (χ0v) is 15.2. The molecule has 0 amide bonds. The number of Topliss-reactive ketones (excluding diaryl/α,β-unsaturated/α-hetero) is 1. The third-order valence-corrected chi connectivity index (χ3v) is 4.83. The van der Waals surface area contributed by atoms with E-state index < -0.39 is 24.3 Å². The van der Waals surface area contributed by atoms with Crippen LogP contribution in [-0.4, -0.2) is 29.1 Å². The van der Waals surface area contributed by atoms with Gasteiger partial charge < -0.3 is 10.1 Å². The van der Waals surface area contributed by atoms with Crippen LogP contribution in [0, 0.1) is 22.7 Å². The highest BCUT2D eigenvalue weighted by Gasteiger charge is 2.23. The Hall–Kier alpha value is -3.37. The van der Waals surface area contributed by atoms with E-state index in [9.17, 15) is 9.59 Å². The summed E-state index contributed by atoms with van der Waals surface area (Å²) in [6.07, 6.45) is 0. The molecule has 0 spiro atoms. The number of ketones is 1. The largest absolute Gasteiger partial charge is 0.454 e. The Labute approximate surface area is 159 Å². The van der Waals surface area contributed by atoms with Gasteiger partial charge in [0, 0.05) is 11.1 Å². The van der Waals surface area contributed by atoms with Gasteiger partial charge >= 0.3 is 5.97 Å². The van der Waals surface area contributed by atoms with Crippen molar-refractivity contribution in [1.82, 2.24) is 4.98 Å². The van der Waals surface area contributed by atoms with E-state index in [1.807, 2.05) is 23.6 Å². The van der Waals surface area contributed by atoms with Gasteiger partial charge in [-0.2, -0.15) is 5.26 Å². The second kappa shape index (κ2) is 7.89. The van der Waals surface area contributed by atoms with Crippen LogP contribution in [0.2, 0.25) is 0 Å². The Morgan fingerprint density at radius 1 is 1.30 bits per heavy atom. The van der Waals surface area contributed by atoms with Crippen LogP contribution in [-0.2, 0) is 9.53 Å². The first-order valence-corrected chi connectivity index (χ1v) is 8.97. The molecule has 0 bridgehead atoms. The predicted molar refractivity (Wildman–Crippen MR) is 103 cm³/mol. The van der Waals surface area contributed by atoms with Gasteiger partial charge in [-0.1, -0.05) is 24.3 Å². The van der Waals surface area contributed by atoms with E-state index in [1.165, 1.54) is 18.3 Å². The van der Waals surface area contributed by atoms with Crippen LogP contribution in [0.15, 0.2) is 47.8 Å². The molecule has 0 radical (unpaired) electrons. The normalized spacial score (nSPS) is 11.6. The standard InChI is InChI=1S/C20H15N3O3S/c1-12(22)15(10-21)18(24)11-26-20(25)14-9-17(19-7-4-8-27-19)23-16-6-3-2-5-13(14)16/h2-9,15,22H,11H2,1H3. The zero-order valence-electron chi connectivity index (χ0n) is 14.4. The summed E-state index contributed by atoms with van der Waals surface area (Å²) >= 11 is 1.50. The first-order valence-electron chi connectivity index (χ1n) is 8.09. The number of hydrogen-bond donors (Lipinski definition) is 1. The van der Waals surface area contributed by atoms with Gasteiger partial charge in [0.15, 0.2) is 12.4 Å². The molecule has 0 aliphatic carbocycles. The average Bonchev–Trinajstić information content (AvgIpc) is 3.20. The maximum atomic E-state index is 12.6. The summed E-state index contributed by atoms with van der Waals surface area (Å²) in [6, 6.07) is 14.4. The summed E-state index contributed by atoms with van der Waals surface area (Å²) in [5.41, 5.74) is 1.52. The molecule has 3 aromatic rings. The second-order valence-corrected chi connectivity index (χ2v) is 6.78. The van der Waals surface area contributed by atoms with Crippen molar-refractivity contribution in [3.8, 4) is 16.6 Å². The maximum Gasteiger partial charge on any atom is 0.339 e. The number of carbonyl (C=O) groups excluding carboxylic acids is 2. The molecule has 0 aliphatic rings. The van der Waals surface area contributed by atoms with Crippen molar-refractivity contribution in [2.45, 2.75) is 6.92 Å². The number of ether oxygens (including phenoxy) is 1. The molecule has 1 aromatic carbocycles. The maximum absolute atomic E-state index is 12.6. The summed E-state index contributed by atoms with van der Waals surface area (Å²) in [5, 5.41) is 19.0. The SMILES string of the molecule is CC(=N)C(C#N)C(=O)COC(=O)c1cc(-c2cccs2)nc2ccccc12. The number of aromatic nitrogens is 1. The van der Waals surface area contributed by atoms with Gasteiger partial charge in [0.25, 0.3) is 0 Å². The highest BCUT2D eigenvalue weighted by Crippen LogP contribution is 2.28. The Balaban J connectivity index is 1.91. The molecule has 2 aromatic heterocycles. The fourth-order valence-corrected chi connectivity index (χ4v) is 3.29. The third-order valence-electron chi connectivity index (χ3n) is 3.94. The Morgan fingerprint density at radius 2 is 2.07 bits per heavy atom. The van der Waals surface area contributed by atoms with Crippen molar-refractivity contribution in [2.24, 2.45) is 5.92 Å². The number of rotatable bonds is 6. The molecule has 7 heteroatoms. The number of nitrogens with one attached hydrogen (secondary N) is 1. The van der Waals surface area contributed by atoms with Crippen LogP contribution < -0.4 is 0 Å². The van der Waals surface area contributed by atoms with Crippen LogP contribution in [0.4, 0.5) is 0 Å². The molecular formula is C20H15N3O3S. The highest BCUT2D eigenvalue weighted by atomic mass is 32.1. The fourth-order valence-electron chi connectivity index (χ4n) is 2.60. The lowest BCUT2D eigenvalue weighted by atomic mass is 10.0. The molecule has 0 aliphatic heterocycles. The Kier molecular flexibility index (Phi) is 5.38. The third kappa shape index (κ3) is 3.91. The number of hydrogen-bond acceptors (Lipinski definition) is 7. The minimum absolute atomic E-state index is 0.0760. The molecule has 0 saturated carbocycles. The van der Waals surface area contributed by atoms with Gasteiger partial charge in [0.05, 0.1) is 27.7 Å². The summed E-state index contributed by atoms with van der Waals surface area (Å²) < 4.78 is 5.14. The molecule has 1 unspecified atom stereocenters. The number of nitriles is 1. The van der Waals surface area contributed by atoms with Gasteiger partial charge in [0.1, 0.15) is 5.92 Å². The molecule has 6 nitrogen and oxygen atoms in total. The summed E-state index contributed by atoms with van der Waals surface area (Å²) in [4.78, 5) is 30.1. The van der Waals surface area contributed by atoms with E-state index in [4.69, 9.17) is 15.4 Å². The summed E-state index contributed by atoms with van der Waals surface area (Å²) in [7, 11) is 0. The lowest BCUT2D eigenvalue weighted by Gasteiger charge is -2.10. The predicted octanol–water partition coefficient (Wildman–Crippen LogP) is 3.87. The number of carbonyl (C=O) groups is 2. The number of nitrogens with zero attached hydrogens (tertiary/aromatic N) is 2. The van der Waals surface area contributed by atoms with Gasteiger partial charge in [-0.15, -0.1) is 11.3 Å². The Morgan fingerprint density at radius 3 is 2.74 bits per heavy atom. The molecule has 27 heavy (non-hydrogen) atoms. The van der Waals surface area contributed by atoms with Crippen LogP contribution in [0.5, 0.6) is 0 Å². The minimum atomic E-state index is -1.20. The van der Waals surface area contributed by atoms with Crippen molar-refractivity contribution in [3.63, 3.8) is 0 Å². The second-order valence-electron chi connectivity index (χ2n) is 5.84. The number of para-hydroxylation sites is 1. The number of benzene rings is 1. The highest BCUT2D eigenvalue weighted by molar-refractivity contribution is 7.13. The molecule has 134 valence electrons. The average molecular weight is 377 g/mol. The quantitative estimate of drug-likeness (QED) is 0.519. The monoisotopic (exact) mass is 377 g/mol. The van der Waals surface area contributed by atoms with Crippen LogP contribution in [0.3, 0.4) is 0 Å². The van der Waals surface area contributed by atoms with E-state index in [2.05, 4.69) is 4.98 Å². The van der Waals surface area contributed by atoms with Gasteiger partial charge in [-0.3, -0.25) is 4.79 Å². The molecule has 1 N–H and O–H groups in total. The van der Waals surface area contributed by atoms with Crippen molar-refractivity contribution in [2.75, 3.05) is 6.61 Å². The smallest absolute Gasteiger partial charge is 0.339 e. The first-order chi connectivity index (χ1) is 13.0. The van der Waals surface area contributed by atoms with Crippen molar-refractivity contribution in [1.29, 1.82) is 10.7 Å². The van der Waals surface area contributed by atoms with Gasteiger partial charge in [-0.05, 0) is 30.5 Å². The molecule has 0 saturated heterocycles. The van der Waals surface area contributed by atoms with Crippen LogP contribution in [0.25, 0.3) is 21.5 Å². The summed E-state index contributed by atoms with van der Waals surface area (Å²) in [5.74, 6) is -2.48. The Bertz CT molecular complexity index is 1070. The lowest BCUT2D eigenvalue weighted by molar-refractivity contribution is -0.122. The van der Waals surface area contributed by atoms with Gasteiger partial charge in [0.2, 0.25) is 0 Å². The zero-order chi connectivity index (χ0) is 19.4. The fraction of sp³-hybridized carbons (Fsp3) is 0.150. The van der Waals surface area contributed by atoms with Crippen molar-refractivity contribution >= 4 is 39.7 Å². The molecule has 1 atom stereocenters. The molecule has 3 rings (SSSR count). The van der Waals surface area contributed by atoms with Crippen molar-refractivity contribution in [3.05, 3.63) is 53.4 Å². The molecule has 2 heterocycles. The number of thiophene rings is 1. The van der Waals surface area contributed by atoms with Crippen LogP contribution >= 0.6 is 11.3 Å². The van der Waals surface area contributed by atoms with E-state index in [0.29, 0.717) is 22.2 Å². The number of fused-ring (bicyclic) bond motifs is 1. The van der Waals surface area contributed by atoms with Gasteiger partial charge in [-0.25, -0.2) is 9.78 Å². The minimum Gasteiger partial charge on any atom is -0.454 e. The van der Waals surface area contributed by atoms with E-state index >= 15 is 0 Å².